The van der Waals surface area contributed by atoms with Crippen LogP contribution in [0.25, 0.3) is 10.3 Å². The van der Waals surface area contributed by atoms with E-state index < -0.39 is 0 Å². The van der Waals surface area contributed by atoms with Gasteiger partial charge in [0.25, 0.3) is 0 Å². The third-order valence-electron chi connectivity index (χ3n) is 3.30. The highest BCUT2D eigenvalue weighted by Gasteiger charge is 2.26. The topological polar surface area (TPSA) is 119 Å². The molecule has 0 aromatic carbocycles. The summed E-state index contributed by atoms with van der Waals surface area (Å²) in [4.78, 5) is 19.9. The zero-order chi connectivity index (χ0) is 14.2. The van der Waals surface area contributed by atoms with Gasteiger partial charge in [0.1, 0.15) is 24.3 Å². The average Bonchev–Trinajstić information content (AvgIpc) is 3.15. The maximum atomic E-state index is 5.77. The Balaban J connectivity index is 1.68. The van der Waals surface area contributed by atoms with Gasteiger partial charge in [0.05, 0.1) is 13.2 Å². The second-order valence-electron chi connectivity index (χ2n) is 4.58. The summed E-state index contributed by atoms with van der Waals surface area (Å²) >= 11 is 1.36. The van der Waals surface area contributed by atoms with Crippen LogP contribution in [0.1, 0.15) is 11.9 Å². The predicted molar refractivity (Wildman–Crippen MR) is 76.9 cm³/mol. The van der Waals surface area contributed by atoms with Gasteiger partial charge in [-0.25, -0.2) is 19.9 Å². The van der Waals surface area contributed by atoms with Crippen molar-refractivity contribution in [3.63, 3.8) is 0 Å². The molecule has 1 atom stereocenters. The molecular weight excluding hydrogens is 292 g/mol. The van der Waals surface area contributed by atoms with Crippen molar-refractivity contribution in [2.24, 2.45) is 0 Å². The van der Waals surface area contributed by atoms with Gasteiger partial charge < -0.3 is 15.4 Å². The third kappa shape index (κ3) is 2.17. The number of aromatic amines is 1. The molecule has 108 valence electrons. The first-order chi connectivity index (χ1) is 10.3. The Morgan fingerprint density at radius 1 is 1.33 bits per heavy atom. The fourth-order valence-corrected chi connectivity index (χ4v) is 3.04. The van der Waals surface area contributed by atoms with Crippen LogP contribution in [0.4, 0.5) is 10.9 Å². The Kier molecular flexibility index (Phi) is 2.89. The summed E-state index contributed by atoms with van der Waals surface area (Å²) in [6, 6.07) is 0. The molecule has 4 heterocycles. The standard InChI is InChI=1S/C11H12N8OS/c12-11-17-7-9(14-4-15-10(7)21-11)19-1-2-20-6(3-19)8-13-5-16-18-8/h4-6H,1-3H2,(H2,12,17)(H,13,16,18). The van der Waals surface area contributed by atoms with E-state index in [-0.39, 0.29) is 6.10 Å². The molecule has 0 aliphatic carbocycles. The molecule has 1 aliphatic heterocycles. The van der Waals surface area contributed by atoms with E-state index in [0.717, 1.165) is 22.7 Å². The lowest BCUT2D eigenvalue weighted by atomic mass is 10.2. The number of anilines is 2. The molecule has 0 bridgehead atoms. The fourth-order valence-electron chi connectivity index (χ4n) is 2.37. The number of nitrogens with two attached hydrogens (primary N) is 1. The van der Waals surface area contributed by atoms with Crippen LogP contribution in [-0.2, 0) is 4.74 Å². The Bertz CT molecular complexity index is 757. The van der Waals surface area contributed by atoms with Crippen LogP contribution in [-0.4, -0.2) is 49.8 Å². The van der Waals surface area contributed by atoms with E-state index in [1.807, 2.05) is 0 Å². The lowest BCUT2D eigenvalue weighted by molar-refractivity contribution is 0.0341. The molecular formula is C11H12N8OS. The monoisotopic (exact) mass is 304 g/mol. The number of morpholine rings is 1. The van der Waals surface area contributed by atoms with Crippen LogP contribution in [0.5, 0.6) is 0 Å². The number of fused-ring (bicyclic) bond motifs is 1. The minimum absolute atomic E-state index is 0.165. The first kappa shape index (κ1) is 12.4. The molecule has 10 heteroatoms. The molecule has 21 heavy (non-hydrogen) atoms. The second kappa shape index (κ2) is 4.90. The maximum Gasteiger partial charge on any atom is 0.182 e. The van der Waals surface area contributed by atoms with Gasteiger partial charge in [-0.05, 0) is 0 Å². The van der Waals surface area contributed by atoms with E-state index in [0.29, 0.717) is 24.1 Å². The number of thiazole rings is 1. The highest BCUT2D eigenvalue weighted by Crippen LogP contribution is 2.30. The number of nitrogen functional groups attached to an aromatic ring is 1. The molecule has 9 nitrogen and oxygen atoms in total. The molecule has 3 aromatic rings. The van der Waals surface area contributed by atoms with E-state index in [1.165, 1.54) is 24.0 Å². The van der Waals surface area contributed by atoms with Gasteiger partial charge >= 0.3 is 0 Å². The van der Waals surface area contributed by atoms with Crippen molar-refractivity contribution >= 4 is 32.6 Å². The number of H-pyrrole nitrogens is 1. The summed E-state index contributed by atoms with van der Waals surface area (Å²) in [7, 11) is 0. The number of aromatic nitrogens is 6. The minimum Gasteiger partial charge on any atom is -0.375 e. The van der Waals surface area contributed by atoms with Gasteiger partial charge in [0, 0.05) is 6.54 Å². The number of rotatable bonds is 2. The highest BCUT2D eigenvalue weighted by molar-refractivity contribution is 7.21. The molecule has 4 rings (SSSR count). The second-order valence-corrected chi connectivity index (χ2v) is 5.59. The Morgan fingerprint density at radius 2 is 2.29 bits per heavy atom. The zero-order valence-electron chi connectivity index (χ0n) is 10.9. The van der Waals surface area contributed by atoms with E-state index in [9.17, 15) is 0 Å². The SMILES string of the molecule is Nc1nc2c(N3CCOC(c4ncn[nH]4)C3)ncnc2s1. The summed E-state index contributed by atoms with van der Waals surface area (Å²) in [6.07, 6.45) is 2.85. The van der Waals surface area contributed by atoms with Crippen molar-refractivity contribution in [1.29, 1.82) is 0 Å². The third-order valence-corrected chi connectivity index (χ3v) is 4.09. The van der Waals surface area contributed by atoms with Gasteiger partial charge in [-0.3, -0.25) is 5.10 Å². The quantitative estimate of drug-likeness (QED) is 0.696. The van der Waals surface area contributed by atoms with E-state index in [2.05, 4.69) is 35.0 Å². The van der Waals surface area contributed by atoms with Crippen molar-refractivity contribution in [2.45, 2.75) is 6.10 Å². The van der Waals surface area contributed by atoms with E-state index in [4.69, 9.17) is 10.5 Å². The lowest BCUT2D eigenvalue weighted by Crippen LogP contribution is -2.39. The molecule has 0 spiro atoms. The molecule has 3 aromatic heterocycles. The molecule has 1 fully saturated rings. The van der Waals surface area contributed by atoms with Crippen molar-refractivity contribution < 1.29 is 4.74 Å². The van der Waals surface area contributed by atoms with Crippen molar-refractivity contribution in [2.75, 3.05) is 30.3 Å². The zero-order valence-corrected chi connectivity index (χ0v) is 11.7. The molecule has 1 aliphatic rings. The Hall–Kier alpha value is -2.33. The van der Waals surface area contributed by atoms with Crippen LogP contribution in [0.3, 0.4) is 0 Å². The number of nitrogens with one attached hydrogen (secondary N) is 1. The van der Waals surface area contributed by atoms with E-state index >= 15 is 0 Å². The summed E-state index contributed by atoms with van der Waals surface area (Å²) in [5.41, 5.74) is 6.50. The molecule has 0 saturated carbocycles. The normalized spacial score (nSPS) is 19.2. The number of ether oxygens (including phenoxy) is 1. The first-order valence-corrected chi connectivity index (χ1v) is 7.22. The fraction of sp³-hybridized carbons (Fsp3) is 0.364. The Morgan fingerprint density at radius 3 is 3.14 bits per heavy atom. The Labute approximate surface area is 123 Å². The van der Waals surface area contributed by atoms with Gasteiger partial charge in [-0.1, -0.05) is 11.3 Å². The van der Waals surface area contributed by atoms with Crippen LogP contribution >= 0.6 is 11.3 Å². The van der Waals surface area contributed by atoms with Crippen LogP contribution in [0, 0.1) is 0 Å². The van der Waals surface area contributed by atoms with Crippen LogP contribution in [0.15, 0.2) is 12.7 Å². The van der Waals surface area contributed by atoms with Gasteiger partial charge in [0.2, 0.25) is 0 Å². The first-order valence-electron chi connectivity index (χ1n) is 6.40. The van der Waals surface area contributed by atoms with E-state index in [1.54, 1.807) is 0 Å². The number of hydrogen-bond donors (Lipinski definition) is 2. The lowest BCUT2D eigenvalue weighted by Gasteiger charge is -2.32. The van der Waals surface area contributed by atoms with Crippen LogP contribution in [0.2, 0.25) is 0 Å². The van der Waals surface area contributed by atoms with Gasteiger partial charge in [-0.2, -0.15) is 5.10 Å². The van der Waals surface area contributed by atoms with Crippen molar-refractivity contribution in [3.05, 3.63) is 18.5 Å². The van der Waals surface area contributed by atoms with Gasteiger partial charge in [0.15, 0.2) is 21.6 Å². The molecule has 1 saturated heterocycles. The minimum atomic E-state index is -0.165. The van der Waals surface area contributed by atoms with Gasteiger partial charge in [-0.15, -0.1) is 0 Å². The van der Waals surface area contributed by atoms with Crippen molar-refractivity contribution in [3.8, 4) is 0 Å². The van der Waals surface area contributed by atoms with Crippen LogP contribution < -0.4 is 10.6 Å². The molecule has 0 radical (unpaired) electrons. The van der Waals surface area contributed by atoms with Crippen molar-refractivity contribution in [1.82, 2.24) is 30.1 Å². The summed E-state index contributed by atoms with van der Waals surface area (Å²) in [5.74, 6) is 1.49. The smallest absolute Gasteiger partial charge is 0.182 e. The largest absolute Gasteiger partial charge is 0.375 e. The number of nitrogens with zero attached hydrogens (tertiary/aromatic N) is 6. The molecule has 3 N–H and O–H groups in total. The summed E-state index contributed by atoms with van der Waals surface area (Å²) in [6.45, 7) is 1.93. The summed E-state index contributed by atoms with van der Waals surface area (Å²) < 4.78 is 5.73. The predicted octanol–water partition coefficient (Wildman–Crippen LogP) is 0.364. The number of hydrogen-bond acceptors (Lipinski definition) is 9. The highest BCUT2D eigenvalue weighted by atomic mass is 32.1. The molecule has 1 unspecified atom stereocenters. The molecule has 0 amide bonds. The average molecular weight is 304 g/mol. The maximum absolute atomic E-state index is 5.77. The summed E-state index contributed by atoms with van der Waals surface area (Å²) in [5, 5.41) is 7.19.